The summed E-state index contributed by atoms with van der Waals surface area (Å²) in [5, 5.41) is 7.17. The Morgan fingerprint density at radius 1 is 1.17 bits per heavy atom. The molecule has 18 heavy (non-hydrogen) atoms. The number of nitrogens with zero attached hydrogens (tertiary/aromatic N) is 1. The second-order valence-corrected chi connectivity index (χ2v) is 6.57. The molecule has 1 aliphatic heterocycles. The minimum Gasteiger partial charge on any atom is -0.315 e. The predicted octanol–water partition coefficient (Wildman–Crippen LogP) is 1.70. The van der Waals surface area contributed by atoms with Crippen LogP contribution in [0, 0.1) is 11.8 Å². The minimum atomic E-state index is 0.768. The Morgan fingerprint density at radius 3 is 2.72 bits per heavy atom. The van der Waals surface area contributed by atoms with Crippen molar-refractivity contribution in [1.82, 2.24) is 15.5 Å². The fourth-order valence-electron chi connectivity index (χ4n) is 2.76. The van der Waals surface area contributed by atoms with Gasteiger partial charge < -0.3 is 15.5 Å². The van der Waals surface area contributed by atoms with Crippen LogP contribution >= 0.6 is 0 Å². The van der Waals surface area contributed by atoms with E-state index < -0.39 is 0 Å². The van der Waals surface area contributed by atoms with Gasteiger partial charge in [-0.15, -0.1) is 0 Å². The van der Waals surface area contributed by atoms with Crippen LogP contribution in [0.15, 0.2) is 0 Å². The maximum absolute atomic E-state index is 3.63. The standard InChI is InChI=1S/C15H31N3/c1-13(2)11-16-8-10-18-9-6-14(12-18)5-7-17-15-3-4-15/h13-17H,3-12H2,1-2H3. The van der Waals surface area contributed by atoms with Crippen molar-refractivity contribution in [3.63, 3.8) is 0 Å². The van der Waals surface area contributed by atoms with Gasteiger partial charge in [0.15, 0.2) is 0 Å². The molecule has 1 aliphatic carbocycles. The van der Waals surface area contributed by atoms with E-state index in [9.17, 15) is 0 Å². The van der Waals surface area contributed by atoms with Crippen molar-refractivity contribution in [1.29, 1.82) is 0 Å². The van der Waals surface area contributed by atoms with E-state index in [0.29, 0.717) is 0 Å². The molecule has 0 amide bonds. The highest BCUT2D eigenvalue weighted by Crippen LogP contribution is 2.21. The Kier molecular flexibility index (Phi) is 5.93. The molecule has 106 valence electrons. The zero-order chi connectivity index (χ0) is 12.8. The SMILES string of the molecule is CC(C)CNCCN1CCC(CCNC2CC2)C1. The summed E-state index contributed by atoms with van der Waals surface area (Å²) in [5.41, 5.74) is 0. The predicted molar refractivity (Wildman–Crippen MR) is 77.9 cm³/mol. The molecule has 3 heteroatoms. The number of nitrogens with one attached hydrogen (secondary N) is 2. The first-order valence-corrected chi connectivity index (χ1v) is 7.90. The first-order valence-electron chi connectivity index (χ1n) is 7.90. The molecule has 1 heterocycles. The third-order valence-corrected chi connectivity index (χ3v) is 4.09. The molecule has 0 aromatic rings. The Hall–Kier alpha value is -0.120. The third-order valence-electron chi connectivity index (χ3n) is 4.09. The van der Waals surface area contributed by atoms with Gasteiger partial charge in [-0.25, -0.2) is 0 Å². The number of likely N-dealkylation sites (tertiary alicyclic amines) is 1. The first-order chi connectivity index (χ1) is 8.74. The molecule has 0 bridgehead atoms. The molecule has 0 radical (unpaired) electrons. The Morgan fingerprint density at radius 2 is 2.00 bits per heavy atom. The molecule has 1 atom stereocenters. The molecular formula is C15H31N3. The molecular weight excluding hydrogens is 222 g/mol. The van der Waals surface area contributed by atoms with E-state index in [2.05, 4.69) is 29.4 Å². The van der Waals surface area contributed by atoms with Crippen LogP contribution in [0.2, 0.25) is 0 Å². The second kappa shape index (κ2) is 7.46. The van der Waals surface area contributed by atoms with Gasteiger partial charge >= 0.3 is 0 Å². The van der Waals surface area contributed by atoms with Crippen LogP contribution in [0.4, 0.5) is 0 Å². The summed E-state index contributed by atoms with van der Waals surface area (Å²) in [4.78, 5) is 2.63. The van der Waals surface area contributed by atoms with Gasteiger partial charge in [0.2, 0.25) is 0 Å². The normalized spacial score (nSPS) is 25.2. The highest BCUT2D eigenvalue weighted by Gasteiger charge is 2.23. The number of rotatable bonds is 9. The maximum atomic E-state index is 3.63. The third kappa shape index (κ3) is 5.68. The molecule has 2 fully saturated rings. The lowest BCUT2D eigenvalue weighted by atomic mass is 10.1. The average Bonchev–Trinajstić information content (AvgIpc) is 3.04. The molecule has 0 aromatic carbocycles. The van der Waals surface area contributed by atoms with Crippen LogP contribution in [0.5, 0.6) is 0 Å². The van der Waals surface area contributed by atoms with Crippen molar-refractivity contribution in [2.24, 2.45) is 11.8 Å². The van der Waals surface area contributed by atoms with Crippen molar-refractivity contribution < 1.29 is 0 Å². The van der Waals surface area contributed by atoms with Crippen molar-refractivity contribution >= 4 is 0 Å². The highest BCUT2D eigenvalue weighted by molar-refractivity contribution is 4.82. The van der Waals surface area contributed by atoms with Crippen LogP contribution in [0.1, 0.15) is 39.5 Å². The van der Waals surface area contributed by atoms with Gasteiger partial charge in [-0.05, 0) is 57.2 Å². The zero-order valence-electron chi connectivity index (χ0n) is 12.3. The van der Waals surface area contributed by atoms with Crippen LogP contribution in [-0.2, 0) is 0 Å². The summed E-state index contributed by atoms with van der Waals surface area (Å²) < 4.78 is 0. The summed E-state index contributed by atoms with van der Waals surface area (Å²) in [6.07, 6.45) is 5.62. The molecule has 1 unspecified atom stereocenters. The van der Waals surface area contributed by atoms with Crippen LogP contribution in [0.3, 0.4) is 0 Å². The molecule has 1 saturated carbocycles. The summed E-state index contributed by atoms with van der Waals surface area (Å²) in [7, 11) is 0. The van der Waals surface area contributed by atoms with E-state index in [4.69, 9.17) is 0 Å². The highest BCUT2D eigenvalue weighted by atomic mass is 15.2. The molecule has 2 rings (SSSR count). The molecule has 2 aliphatic rings. The van der Waals surface area contributed by atoms with E-state index in [0.717, 1.165) is 31.0 Å². The molecule has 0 aromatic heterocycles. The monoisotopic (exact) mass is 253 g/mol. The summed E-state index contributed by atoms with van der Waals surface area (Å²) in [6, 6.07) is 0.878. The van der Waals surface area contributed by atoms with Gasteiger partial charge in [0.25, 0.3) is 0 Å². The molecule has 3 nitrogen and oxygen atoms in total. The second-order valence-electron chi connectivity index (χ2n) is 6.57. The van der Waals surface area contributed by atoms with Gasteiger partial charge in [0, 0.05) is 25.7 Å². The zero-order valence-corrected chi connectivity index (χ0v) is 12.3. The minimum absolute atomic E-state index is 0.768. The largest absolute Gasteiger partial charge is 0.315 e. The van der Waals surface area contributed by atoms with Gasteiger partial charge in [0.1, 0.15) is 0 Å². The van der Waals surface area contributed by atoms with Crippen molar-refractivity contribution in [2.75, 3.05) is 39.3 Å². The van der Waals surface area contributed by atoms with E-state index in [1.807, 2.05) is 0 Å². The maximum Gasteiger partial charge on any atom is 0.0107 e. The van der Waals surface area contributed by atoms with Crippen LogP contribution in [0.25, 0.3) is 0 Å². The number of hydrogen-bond donors (Lipinski definition) is 2. The number of hydrogen-bond acceptors (Lipinski definition) is 3. The van der Waals surface area contributed by atoms with E-state index in [-0.39, 0.29) is 0 Å². The fourth-order valence-corrected chi connectivity index (χ4v) is 2.76. The molecule has 1 saturated heterocycles. The van der Waals surface area contributed by atoms with Crippen molar-refractivity contribution in [2.45, 2.75) is 45.6 Å². The summed E-state index contributed by atoms with van der Waals surface area (Å²) in [6.45, 7) is 12.0. The smallest absolute Gasteiger partial charge is 0.0107 e. The van der Waals surface area contributed by atoms with Gasteiger partial charge in [0.05, 0.1) is 0 Å². The summed E-state index contributed by atoms with van der Waals surface area (Å²) in [5.74, 6) is 1.71. The van der Waals surface area contributed by atoms with E-state index in [1.54, 1.807) is 0 Å². The van der Waals surface area contributed by atoms with Gasteiger partial charge in [-0.1, -0.05) is 13.8 Å². The van der Waals surface area contributed by atoms with Crippen LogP contribution < -0.4 is 10.6 Å². The lowest BCUT2D eigenvalue weighted by molar-refractivity contribution is 0.315. The van der Waals surface area contributed by atoms with E-state index in [1.165, 1.54) is 51.9 Å². The van der Waals surface area contributed by atoms with Gasteiger partial charge in [-0.2, -0.15) is 0 Å². The quantitative estimate of drug-likeness (QED) is 0.613. The Bertz CT molecular complexity index is 226. The lowest BCUT2D eigenvalue weighted by Crippen LogP contribution is -2.32. The fraction of sp³-hybridized carbons (Fsp3) is 1.00. The van der Waals surface area contributed by atoms with Crippen molar-refractivity contribution in [3.8, 4) is 0 Å². The van der Waals surface area contributed by atoms with Crippen LogP contribution in [-0.4, -0.2) is 50.2 Å². The summed E-state index contributed by atoms with van der Waals surface area (Å²) >= 11 is 0. The lowest BCUT2D eigenvalue weighted by Gasteiger charge is -2.17. The molecule has 2 N–H and O–H groups in total. The Labute approximate surface area is 113 Å². The first kappa shape index (κ1) is 14.3. The van der Waals surface area contributed by atoms with Crippen molar-refractivity contribution in [3.05, 3.63) is 0 Å². The van der Waals surface area contributed by atoms with E-state index >= 15 is 0 Å². The topological polar surface area (TPSA) is 27.3 Å². The van der Waals surface area contributed by atoms with Gasteiger partial charge in [-0.3, -0.25) is 0 Å². The average molecular weight is 253 g/mol. The molecule has 0 spiro atoms. The Balaban J connectivity index is 1.45.